The van der Waals surface area contributed by atoms with Crippen molar-refractivity contribution in [2.45, 2.75) is 45.1 Å². The lowest BCUT2D eigenvalue weighted by atomic mass is 9.70. The van der Waals surface area contributed by atoms with Gasteiger partial charge in [0.15, 0.2) is 0 Å². The molecule has 0 radical (unpaired) electrons. The molecule has 0 spiro atoms. The Bertz CT molecular complexity index is 411. The minimum absolute atomic E-state index is 0.613. The van der Waals surface area contributed by atoms with Crippen LogP contribution in [-0.4, -0.2) is 37.1 Å². The molecule has 1 N–H and O–H groups in total. The van der Waals surface area contributed by atoms with E-state index in [1.54, 1.807) is 0 Å². The summed E-state index contributed by atoms with van der Waals surface area (Å²) in [6.07, 6.45) is 6.76. The molecule has 110 valence electrons. The van der Waals surface area contributed by atoms with Crippen LogP contribution in [0.15, 0.2) is 30.3 Å². The second-order valence-corrected chi connectivity index (χ2v) is 7.09. The third-order valence-electron chi connectivity index (χ3n) is 5.05. The summed E-state index contributed by atoms with van der Waals surface area (Å²) in [4.78, 5) is 2.72. The predicted molar refractivity (Wildman–Crippen MR) is 85.0 cm³/mol. The Balaban J connectivity index is 1.57. The number of nitrogens with zero attached hydrogens (tertiary/aromatic N) is 1. The minimum Gasteiger partial charge on any atom is -0.312 e. The van der Waals surface area contributed by atoms with E-state index in [1.807, 2.05) is 0 Å². The Morgan fingerprint density at radius 1 is 1.20 bits per heavy atom. The van der Waals surface area contributed by atoms with Crippen LogP contribution in [0, 0.1) is 5.41 Å². The predicted octanol–water partition coefficient (Wildman–Crippen LogP) is 3.08. The van der Waals surface area contributed by atoms with Crippen LogP contribution in [-0.2, 0) is 6.42 Å². The average Bonchev–Trinajstić information content (AvgIpc) is 2.63. The van der Waals surface area contributed by atoms with E-state index in [9.17, 15) is 0 Å². The molecule has 1 aromatic carbocycles. The molecule has 20 heavy (non-hydrogen) atoms. The molecule has 0 amide bonds. The Morgan fingerprint density at radius 3 is 2.70 bits per heavy atom. The molecule has 1 aromatic rings. The molecule has 1 saturated heterocycles. The van der Waals surface area contributed by atoms with Gasteiger partial charge in [0.1, 0.15) is 0 Å². The molecule has 3 rings (SSSR count). The van der Waals surface area contributed by atoms with Crippen LogP contribution in [0.4, 0.5) is 0 Å². The lowest BCUT2D eigenvalue weighted by molar-refractivity contribution is 0.0842. The van der Waals surface area contributed by atoms with Crippen molar-refractivity contribution in [2.75, 3.05) is 26.2 Å². The summed E-state index contributed by atoms with van der Waals surface area (Å²) in [5.74, 6) is 0. The van der Waals surface area contributed by atoms with Gasteiger partial charge >= 0.3 is 0 Å². The number of hydrogen-bond acceptors (Lipinski definition) is 2. The third kappa shape index (κ3) is 3.62. The number of benzene rings is 1. The molecule has 2 aliphatic rings. The van der Waals surface area contributed by atoms with Crippen molar-refractivity contribution in [3.8, 4) is 0 Å². The molecule has 1 saturated carbocycles. The van der Waals surface area contributed by atoms with Crippen molar-refractivity contribution < 1.29 is 0 Å². The van der Waals surface area contributed by atoms with Gasteiger partial charge < -0.3 is 10.2 Å². The van der Waals surface area contributed by atoms with E-state index in [0.29, 0.717) is 11.5 Å². The first-order valence-corrected chi connectivity index (χ1v) is 8.23. The monoisotopic (exact) mass is 272 g/mol. The van der Waals surface area contributed by atoms with Crippen LogP contribution < -0.4 is 5.32 Å². The van der Waals surface area contributed by atoms with Crippen LogP contribution in [0.3, 0.4) is 0 Å². The molecular weight excluding hydrogens is 244 g/mol. The van der Waals surface area contributed by atoms with Crippen LogP contribution in [0.5, 0.6) is 0 Å². The lowest BCUT2D eigenvalue weighted by Crippen LogP contribution is -2.45. The summed E-state index contributed by atoms with van der Waals surface area (Å²) < 4.78 is 0. The van der Waals surface area contributed by atoms with Gasteiger partial charge in [0.25, 0.3) is 0 Å². The molecule has 0 bridgehead atoms. The Labute approximate surface area is 123 Å². The second kappa shape index (κ2) is 6.28. The highest BCUT2D eigenvalue weighted by molar-refractivity contribution is 5.16. The fourth-order valence-corrected chi connectivity index (χ4v) is 3.73. The highest BCUT2D eigenvalue weighted by atomic mass is 15.2. The molecule has 1 aliphatic carbocycles. The standard InChI is InChI=1S/C18H28N2/c1-18(9-5-10-18)15-20-12-6-11-19-17(14-20)13-16-7-3-2-4-8-16/h2-4,7-8,17,19H,5-6,9-15H2,1H3. The maximum absolute atomic E-state index is 3.74. The molecule has 2 nitrogen and oxygen atoms in total. The number of nitrogens with one attached hydrogen (secondary N) is 1. The smallest absolute Gasteiger partial charge is 0.0235 e. The summed E-state index contributed by atoms with van der Waals surface area (Å²) in [6, 6.07) is 11.5. The topological polar surface area (TPSA) is 15.3 Å². The van der Waals surface area contributed by atoms with Gasteiger partial charge in [0.2, 0.25) is 0 Å². The van der Waals surface area contributed by atoms with E-state index in [2.05, 4.69) is 47.5 Å². The van der Waals surface area contributed by atoms with Crippen molar-refractivity contribution in [2.24, 2.45) is 5.41 Å². The SMILES string of the molecule is CC1(CN2CCCNC(Cc3ccccc3)C2)CCC1. The van der Waals surface area contributed by atoms with Gasteiger partial charge in [-0.15, -0.1) is 0 Å². The Hall–Kier alpha value is -0.860. The molecule has 0 aromatic heterocycles. The van der Waals surface area contributed by atoms with Crippen LogP contribution in [0.1, 0.15) is 38.2 Å². The van der Waals surface area contributed by atoms with Gasteiger partial charge in [-0.3, -0.25) is 0 Å². The van der Waals surface area contributed by atoms with Crippen molar-refractivity contribution >= 4 is 0 Å². The lowest BCUT2D eigenvalue weighted by Gasteiger charge is -2.42. The fraction of sp³-hybridized carbons (Fsp3) is 0.667. The summed E-state index contributed by atoms with van der Waals surface area (Å²) in [5, 5.41) is 3.74. The highest BCUT2D eigenvalue weighted by Gasteiger charge is 2.34. The van der Waals surface area contributed by atoms with E-state index in [4.69, 9.17) is 0 Å². The van der Waals surface area contributed by atoms with E-state index >= 15 is 0 Å². The van der Waals surface area contributed by atoms with Gasteiger partial charge in [0, 0.05) is 19.1 Å². The molecule has 1 atom stereocenters. The van der Waals surface area contributed by atoms with Gasteiger partial charge in [-0.05, 0) is 49.8 Å². The second-order valence-electron chi connectivity index (χ2n) is 7.09. The van der Waals surface area contributed by atoms with Crippen LogP contribution >= 0.6 is 0 Å². The molecular formula is C18H28N2. The summed E-state index contributed by atoms with van der Waals surface area (Å²) >= 11 is 0. The first kappa shape index (κ1) is 14.1. The average molecular weight is 272 g/mol. The van der Waals surface area contributed by atoms with Gasteiger partial charge in [-0.1, -0.05) is 43.7 Å². The van der Waals surface area contributed by atoms with Crippen molar-refractivity contribution in [1.29, 1.82) is 0 Å². The first-order valence-electron chi connectivity index (χ1n) is 8.23. The molecule has 1 aliphatic heterocycles. The van der Waals surface area contributed by atoms with E-state index in [1.165, 1.54) is 57.4 Å². The third-order valence-corrected chi connectivity index (χ3v) is 5.05. The van der Waals surface area contributed by atoms with Crippen molar-refractivity contribution in [1.82, 2.24) is 10.2 Å². The van der Waals surface area contributed by atoms with E-state index in [-0.39, 0.29) is 0 Å². The Morgan fingerprint density at radius 2 is 2.00 bits per heavy atom. The van der Waals surface area contributed by atoms with Gasteiger partial charge in [-0.25, -0.2) is 0 Å². The van der Waals surface area contributed by atoms with E-state index < -0.39 is 0 Å². The summed E-state index contributed by atoms with van der Waals surface area (Å²) in [6.45, 7) is 7.43. The molecule has 2 heteroatoms. The van der Waals surface area contributed by atoms with Crippen LogP contribution in [0.2, 0.25) is 0 Å². The zero-order valence-corrected chi connectivity index (χ0v) is 12.8. The molecule has 1 heterocycles. The quantitative estimate of drug-likeness (QED) is 0.906. The molecule has 2 fully saturated rings. The first-order chi connectivity index (χ1) is 9.73. The molecule has 1 unspecified atom stereocenters. The van der Waals surface area contributed by atoms with Crippen LogP contribution in [0.25, 0.3) is 0 Å². The zero-order chi connectivity index (χ0) is 13.8. The number of rotatable bonds is 4. The van der Waals surface area contributed by atoms with Crippen molar-refractivity contribution in [3.63, 3.8) is 0 Å². The van der Waals surface area contributed by atoms with Gasteiger partial charge in [-0.2, -0.15) is 0 Å². The minimum atomic E-state index is 0.613. The zero-order valence-electron chi connectivity index (χ0n) is 12.8. The normalized spacial score (nSPS) is 26.8. The largest absolute Gasteiger partial charge is 0.312 e. The Kier molecular flexibility index (Phi) is 4.42. The maximum Gasteiger partial charge on any atom is 0.0235 e. The fourth-order valence-electron chi connectivity index (χ4n) is 3.73. The summed E-state index contributed by atoms with van der Waals surface area (Å²) in [5.41, 5.74) is 2.07. The van der Waals surface area contributed by atoms with E-state index in [0.717, 1.165) is 6.42 Å². The highest BCUT2D eigenvalue weighted by Crippen LogP contribution is 2.40. The maximum atomic E-state index is 3.74. The van der Waals surface area contributed by atoms with Gasteiger partial charge in [0.05, 0.1) is 0 Å². The summed E-state index contributed by atoms with van der Waals surface area (Å²) in [7, 11) is 0. The number of hydrogen-bond donors (Lipinski definition) is 1. The van der Waals surface area contributed by atoms with Crippen molar-refractivity contribution in [3.05, 3.63) is 35.9 Å².